The number of rotatable bonds is 3. The summed E-state index contributed by atoms with van der Waals surface area (Å²) in [5, 5.41) is 0. The Labute approximate surface area is 148 Å². The van der Waals surface area contributed by atoms with E-state index in [9.17, 15) is 9.59 Å². The number of hydrogen-bond donors (Lipinski definition) is 0. The second kappa shape index (κ2) is 8.03. The number of hydrogen-bond acceptors (Lipinski definition) is 4. The molecular weight excluding hydrogens is 322 g/mol. The van der Waals surface area contributed by atoms with Crippen molar-refractivity contribution in [3.05, 3.63) is 35.4 Å². The number of piperazine rings is 1. The van der Waals surface area contributed by atoms with Crippen LogP contribution in [0.5, 0.6) is 0 Å². The first-order chi connectivity index (χ1) is 11.6. The molecule has 2 heterocycles. The smallest absolute Gasteiger partial charge is 0.253 e. The standard InChI is InChI=1S/C18H25N3O2S/c1-15(22)20-6-8-21(9-7-20)18(23)17-4-2-16(3-5-17)14-19-10-12-24-13-11-19/h2-5H,6-14H2,1H3. The van der Waals surface area contributed by atoms with Crippen LogP contribution in [-0.4, -0.2) is 77.3 Å². The van der Waals surface area contributed by atoms with E-state index >= 15 is 0 Å². The van der Waals surface area contributed by atoms with Crippen LogP contribution in [0.3, 0.4) is 0 Å². The summed E-state index contributed by atoms with van der Waals surface area (Å²) in [7, 11) is 0. The summed E-state index contributed by atoms with van der Waals surface area (Å²) in [5.41, 5.74) is 2.00. The van der Waals surface area contributed by atoms with Crippen LogP contribution in [0.25, 0.3) is 0 Å². The van der Waals surface area contributed by atoms with Crippen molar-refractivity contribution in [1.82, 2.24) is 14.7 Å². The summed E-state index contributed by atoms with van der Waals surface area (Å²) in [4.78, 5) is 30.1. The molecule has 6 heteroatoms. The maximum Gasteiger partial charge on any atom is 0.253 e. The Kier molecular flexibility index (Phi) is 5.79. The first-order valence-electron chi connectivity index (χ1n) is 8.57. The first kappa shape index (κ1) is 17.3. The minimum Gasteiger partial charge on any atom is -0.339 e. The zero-order valence-electron chi connectivity index (χ0n) is 14.2. The molecule has 24 heavy (non-hydrogen) atoms. The van der Waals surface area contributed by atoms with Crippen LogP contribution in [0.1, 0.15) is 22.8 Å². The highest BCUT2D eigenvalue weighted by Crippen LogP contribution is 2.15. The van der Waals surface area contributed by atoms with E-state index < -0.39 is 0 Å². The molecule has 0 bridgehead atoms. The van der Waals surface area contributed by atoms with E-state index in [4.69, 9.17) is 0 Å². The Morgan fingerprint density at radius 2 is 1.50 bits per heavy atom. The molecule has 0 spiro atoms. The predicted molar refractivity (Wildman–Crippen MR) is 97.2 cm³/mol. The maximum atomic E-state index is 12.6. The largest absolute Gasteiger partial charge is 0.339 e. The number of amides is 2. The number of benzene rings is 1. The van der Waals surface area contributed by atoms with E-state index in [1.165, 1.54) is 17.1 Å². The molecule has 3 rings (SSSR count). The lowest BCUT2D eigenvalue weighted by Gasteiger charge is -2.34. The van der Waals surface area contributed by atoms with Crippen molar-refractivity contribution in [3.8, 4) is 0 Å². The fourth-order valence-electron chi connectivity index (χ4n) is 3.18. The highest BCUT2D eigenvalue weighted by Gasteiger charge is 2.23. The normalized spacial score (nSPS) is 19.4. The van der Waals surface area contributed by atoms with Crippen LogP contribution in [0.2, 0.25) is 0 Å². The van der Waals surface area contributed by atoms with Gasteiger partial charge < -0.3 is 9.80 Å². The molecule has 2 aliphatic rings. The predicted octanol–water partition coefficient (Wildman–Crippen LogP) is 1.54. The highest BCUT2D eigenvalue weighted by molar-refractivity contribution is 7.99. The van der Waals surface area contributed by atoms with Gasteiger partial charge in [0.1, 0.15) is 0 Å². The molecule has 2 aliphatic heterocycles. The molecule has 5 nitrogen and oxygen atoms in total. The average molecular weight is 347 g/mol. The average Bonchev–Trinajstić information content (AvgIpc) is 2.63. The van der Waals surface area contributed by atoms with Crippen LogP contribution in [0, 0.1) is 0 Å². The maximum absolute atomic E-state index is 12.6. The molecule has 0 saturated carbocycles. The van der Waals surface area contributed by atoms with Crippen LogP contribution in [0.4, 0.5) is 0 Å². The van der Waals surface area contributed by atoms with Crippen molar-refractivity contribution in [2.75, 3.05) is 50.8 Å². The topological polar surface area (TPSA) is 43.9 Å². The Bertz CT molecular complexity index is 576. The third kappa shape index (κ3) is 4.30. The molecule has 0 aromatic heterocycles. The van der Waals surface area contributed by atoms with Gasteiger partial charge in [0.05, 0.1) is 0 Å². The molecule has 2 amide bonds. The molecule has 0 aliphatic carbocycles. The summed E-state index contributed by atoms with van der Waals surface area (Å²) in [6.45, 7) is 7.33. The van der Waals surface area contributed by atoms with Gasteiger partial charge in [0.15, 0.2) is 0 Å². The Hall–Kier alpha value is -1.53. The first-order valence-corrected chi connectivity index (χ1v) is 9.73. The molecule has 0 N–H and O–H groups in total. The van der Waals surface area contributed by atoms with Crippen molar-refractivity contribution >= 4 is 23.6 Å². The van der Waals surface area contributed by atoms with E-state index in [2.05, 4.69) is 17.0 Å². The van der Waals surface area contributed by atoms with Crippen molar-refractivity contribution in [3.63, 3.8) is 0 Å². The van der Waals surface area contributed by atoms with Gasteiger partial charge in [-0.2, -0.15) is 11.8 Å². The van der Waals surface area contributed by atoms with Gasteiger partial charge in [-0.05, 0) is 17.7 Å². The van der Waals surface area contributed by atoms with Gasteiger partial charge in [-0.3, -0.25) is 14.5 Å². The molecule has 2 saturated heterocycles. The molecular formula is C18H25N3O2S. The number of thioether (sulfide) groups is 1. The third-order valence-corrected chi connectivity index (χ3v) is 5.67. The second-order valence-electron chi connectivity index (χ2n) is 6.38. The van der Waals surface area contributed by atoms with Crippen LogP contribution < -0.4 is 0 Å². The van der Waals surface area contributed by atoms with E-state index in [0.29, 0.717) is 26.2 Å². The lowest BCUT2D eigenvalue weighted by molar-refractivity contribution is -0.130. The zero-order valence-corrected chi connectivity index (χ0v) is 15.1. The molecule has 1 aromatic carbocycles. The summed E-state index contributed by atoms with van der Waals surface area (Å²) >= 11 is 2.02. The number of carbonyl (C=O) groups excluding carboxylic acids is 2. The van der Waals surface area contributed by atoms with Crippen LogP contribution in [0.15, 0.2) is 24.3 Å². The zero-order chi connectivity index (χ0) is 16.9. The fourth-order valence-corrected chi connectivity index (χ4v) is 4.16. The molecule has 130 valence electrons. The summed E-state index contributed by atoms with van der Waals surface area (Å²) in [6.07, 6.45) is 0. The Morgan fingerprint density at radius 1 is 0.917 bits per heavy atom. The van der Waals surface area contributed by atoms with Crippen molar-refractivity contribution in [1.29, 1.82) is 0 Å². The van der Waals surface area contributed by atoms with Crippen LogP contribution >= 0.6 is 11.8 Å². The van der Waals surface area contributed by atoms with Gasteiger partial charge in [-0.1, -0.05) is 12.1 Å². The van der Waals surface area contributed by atoms with Gasteiger partial charge >= 0.3 is 0 Å². The van der Waals surface area contributed by atoms with Gasteiger partial charge in [0.25, 0.3) is 5.91 Å². The number of nitrogens with zero attached hydrogens (tertiary/aromatic N) is 3. The lowest BCUT2D eigenvalue weighted by Crippen LogP contribution is -2.50. The van der Waals surface area contributed by atoms with Gasteiger partial charge in [0, 0.05) is 69.8 Å². The molecule has 0 unspecified atom stereocenters. The minimum absolute atomic E-state index is 0.0686. The van der Waals surface area contributed by atoms with Crippen molar-refractivity contribution < 1.29 is 9.59 Å². The quantitative estimate of drug-likeness (QED) is 0.832. The van der Waals surface area contributed by atoms with Gasteiger partial charge in [-0.15, -0.1) is 0 Å². The molecule has 0 atom stereocenters. The van der Waals surface area contributed by atoms with Crippen LogP contribution in [-0.2, 0) is 11.3 Å². The highest BCUT2D eigenvalue weighted by atomic mass is 32.2. The second-order valence-corrected chi connectivity index (χ2v) is 7.61. The Morgan fingerprint density at radius 3 is 2.08 bits per heavy atom. The Balaban J connectivity index is 1.55. The third-order valence-electron chi connectivity index (χ3n) is 4.72. The summed E-state index contributed by atoms with van der Waals surface area (Å²) in [5.74, 6) is 2.58. The molecule has 0 radical (unpaired) electrons. The van der Waals surface area contributed by atoms with E-state index in [1.807, 2.05) is 28.8 Å². The SMILES string of the molecule is CC(=O)N1CCN(C(=O)c2ccc(CN3CCSCC3)cc2)CC1. The van der Waals surface area contributed by atoms with E-state index in [1.54, 1.807) is 11.8 Å². The summed E-state index contributed by atoms with van der Waals surface area (Å²) in [6, 6.07) is 8.02. The van der Waals surface area contributed by atoms with Gasteiger partial charge in [-0.25, -0.2) is 0 Å². The molecule has 2 fully saturated rings. The monoisotopic (exact) mass is 347 g/mol. The lowest BCUT2D eigenvalue weighted by atomic mass is 10.1. The summed E-state index contributed by atoms with van der Waals surface area (Å²) < 4.78 is 0. The molecule has 1 aromatic rings. The van der Waals surface area contributed by atoms with Crippen molar-refractivity contribution in [2.24, 2.45) is 0 Å². The van der Waals surface area contributed by atoms with Crippen molar-refractivity contribution in [2.45, 2.75) is 13.5 Å². The van der Waals surface area contributed by atoms with E-state index in [0.717, 1.165) is 25.2 Å². The fraction of sp³-hybridized carbons (Fsp3) is 0.556. The van der Waals surface area contributed by atoms with Gasteiger partial charge in [0.2, 0.25) is 5.91 Å². The number of carbonyl (C=O) groups is 2. The van der Waals surface area contributed by atoms with E-state index in [-0.39, 0.29) is 11.8 Å². The minimum atomic E-state index is 0.0686.